The summed E-state index contributed by atoms with van der Waals surface area (Å²) in [7, 11) is 0. The minimum absolute atomic E-state index is 0.0162. The molecule has 2 heterocycles. The summed E-state index contributed by atoms with van der Waals surface area (Å²) in [6.07, 6.45) is 2.25. The Balaban J connectivity index is 2.01. The van der Waals surface area contributed by atoms with Gasteiger partial charge in [0, 0.05) is 11.1 Å². The Hall–Kier alpha value is -2.73. The molecule has 0 spiro atoms. The first kappa shape index (κ1) is 18.1. The summed E-state index contributed by atoms with van der Waals surface area (Å²) in [5.41, 5.74) is -0.0707. The SMILES string of the molecule is CCC(C)NC(=O)COc1c(-c2ccco2)oc2ccc(Cl)cc2c1=O. The van der Waals surface area contributed by atoms with Crippen molar-refractivity contribution in [3.63, 3.8) is 0 Å². The number of fused-ring (bicyclic) bond motifs is 1. The Kier molecular flexibility index (Phi) is 5.32. The molecule has 0 radical (unpaired) electrons. The van der Waals surface area contributed by atoms with Crippen molar-refractivity contribution in [2.24, 2.45) is 0 Å². The molecule has 0 aliphatic rings. The summed E-state index contributed by atoms with van der Waals surface area (Å²) >= 11 is 5.98. The first-order valence-electron chi connectivity index (χ1n) is 8.22. The Bertz CT molecular complexity index is 978. The fourth-order valence-electron chi connectivity index (χ4n) is 2.41. The molecular weight excluding hydrogens is 358 g/mol. The smallest absolute Gasteiger partial charge is 0.258 e. The monoisotopic (exact) mass is 375 g/mol. The molecule has 1 aromatic carbocycles. The van der Waals surface area contributed by atoms with Crippen LogP contribution in [0, 0.1) is 0 Å². The van der Waals surface area contributed by atoms with Crippen LogP contribution in [0.5, 0.6) is 5.75 Å². The lowest BCUT2D eigenvalue weighted by molar-refractivity contribution is -0.123. The van der Waals surface area contributed by atoms with Crippen LogP contribution in [0.2, 0.25) is 5.02 Å². The summed E-state index contributed by atoms with van der Waals surface area (Å²) in [5.74, 6) is 0.0480. The van der Waals surface area contributed by atoms with Crippen LogP contribution in [0.25, 0.3) is 22.5 Å². The van der Waals surface area contributed by atoms with Gasteiger partial charge in [-0.3, -0.25) is 9.59 Å². The molecule has 1 amide bonds. The number of hydrogen-bond donors (Lipinski definition) is 1. The molecule has 0 aliphatic carbocycles. The number of amides is 1. The summed E-state index contributed by atoms with van der Waals surface area (Å²) in [4.78, 5) is 24.9. The van der Waals surface area contributed by atoms with Crippen molar-refractivity contribution in [1.82, 2.24) is 5.32 Å². The van der Waals surface area contributed by atoms with Crippen molar-refractivity contribution >= 4 is 28.5 Å². The zero-order chi connectivity index (χ0) is 18.7. The average Bonchev–Trinajstić information content (AvgIpc) is 3.15. The van der Waals surface area contributed by atoms with E-state index >= 15 is 0 Å². The molecule has 6 nitrogen and oxygen atoms in total. The van der Waals surface area contributed by atoms with Crippen molar-refractivity contribution < 1.29 is 18.4 Å². The largest absolute Gasteiger partial charge is 0.476 e. The molecule has 0 saturated carbocycles. The zero-order valence-electron chi connectivity index (χ0n) is 14.4. The number of rotatable bonds is 6. The molecular formula is C19H18ClNO5. The van der Waals surface area contributed by atoms with Crippen LogP contribution in [-0.4, -0.2) is 18.6 Å². The van der Waals surface area contributed by atoms with Gasteiger partial charge in [-0.25, -0.2) is 0 Å². The number of furan rings is 1. The second-order valence-electron chi connectivity index (χ2n) is 5.87. The van der Waals surface area contributed by atoms with E-state index < -0.39 is 5.43 Å². The predicted molar refractivity (Wildman–Crippen MR) is 98.6 cm³/mol. The Labute approximate surface area is 154 Å². The van der Waals surface area contributed by atoms with Gasteiger partial charge in [0.05, 0.1) is 11.6 Å². The van der Waals surface area contributed by atoms with E-state index in [2.05, 4.69) is 5.32 Å². The van der Waals surface area contributed by atoms with Crippen molar-refractivity contribution in [1.29, 1.82) is 0 Å². The molecule has 0 fully saturated rings. The molecule has 136 valence electrons. The van der Waals surface area contributed by atoms with Crippen LogP contribution in [0.15, 0.2) is 50.2 Å². The van der Waals surface area contributed by atoms with Crippen LogP contribution < -0.4 is 15.5 Å². The number of halogens is 1. The highest BCUT2D eigenvalue weighted by Crippen LogP contribution is 2.31. The molecule has 3 rings (SSSR count). The maximum absolute atomic E-state index is 12.9. The lowest BCUT2D eigenvalue weighted by Crippen LogP contribution is -2.36. The highest BCUT2D eigenvalue weighted by atomic mass is 35.5. The molecule has 7 heteroatoms. The van der Waals surface area contributed by atoms with Gasteiger partial charge in [-0.2, -0.15) is 0 Å². The number of carbonyl (C=O) groups excluding carboxylic acids is 1. The van der Waals surface area contributed by atoms with Gasteiger partial charge in [0.15, 0.2) is 12.4 Å². The zero-order valence-corrected chi connectivity index (χ0v) is 15.1. The third-order valence-corrected chi connectivity index (χ3v) is 4.16. The van der Waals surface area contributed by atoms with Crippen molar-refractivity contribution in [3.8, 4) is 17.3 Å². The summed E-state index contributed by atoms with van der Waals surface area (Å²) < 4.78 is 16.7. The van der Waals surface area contributed by atoms with E-state index in [1.165, 1.54) is 12.3 Å². The standard InChI is InChI=1S/C19H18ClNO5/c1-3-11(2)21-16(22)10-25-19-17(23)13-9-12(20)6-7-14(13)26-18(19)15-5-4-8-24-15/h4-9,11H,3,10H2,1-2H3,(H,21,22). The summed E-state index contributed by atoms with van der Waals surface area (Å²) in [5, 5.41) is 3.45. The summed E-state index contributed by atoms with van der Waals surface area (Å²) in [6.45, 7) is 3.54. The van der Waals surface area contributed by atoms with Gasteiger partial charge in [0.25, 0.3) is 5.91 Å². The van der Waals surface area contributed by atoms with E-state index in [9.17, 15) is 9.59 Å². The second-order valence-corrected chi connectivity index (χ2v) is 6.31. The van der Waals surface area contributed by atoms with Gasteiger partial charge in [0.2, 0.25) is 16.9 Å². The molecule has 1 atom stereocenters. The van der Waals surface area contributed by atoms with Crippen molar-refractivity contribution in [2.75, 3.05) is 6.61 Å². The van der Waals surface area contributed by atoms with E-state index in [1.807, 2.05) is 13.8 Å². The first-order valence-corrected chi connectivity index (χ1v) is 8.59. The van der Waals surface area contributed by atoms with Gasteiger partial charge >= 0.3 is 0 Å². The van der Waals surface area contributed by atoms with E-state index in [0.717, 1.165) is 6.42 Å². The second kappa shape index (κ2) is 7.66. The van der Waals surface area contributed by atoms with E-state index in [-0.39, 0.29) is 35.5 Å². The maximum Gasteiger partial charge on any atom is 0.258 e. The molecule has 0 bridgehead atoms. The summed E-state index contributed by atoms with van der Waals surface area (Å²) in [6, 6.07) is 8.06. The number of hydrogen-bond acceptors (Lipinski definition) is 5. The van der Waals surface area contributed by atoms with Crippen LogP contribution in [-0.2, 0) is 4.79 Å². The minimum Gasteiger partial charge on any atom is -0.476 e. The topological polar surface area (TPSA) is 81.7 Å². The molecule has 26 heavy (non-hydrogen) atoms. The highest BCUT2D eigenvalue weighted by Gasteiger charge is 2.21. The van der Waals surface area contributed by atoms with Gasteiger partial charge in [-0.05, 0) is 43.7 Å². The average molecular weight is 376 g/mol. The number of ether oxygens (including phenoxy) is 1. The maximum atomic E-state index is 12.9. The Morgan fingerprint density at radius 1 is 1.35 bits per heavy atom. The third-order valence-electron chi connectivity index (χ3n) is 3.92. The third kappa shape index (κ3) is 3.75. The molecule has 1 N–H and O–H groups in total. The minimum atomic E-state index is -0.420. The van der Waals surface area contributed by atoms with Gasteiger partial charge in [-0.1, -0.05) is 18.5 Å². The molecule has 0 saturated heterocycles. The normalized spacial score (nSPS) is 12.1. The van der Waals surface area contributed by atoms with Gasteiger partial charge < -0.3 is 18.9 Å². The number of benzene rings is 1. The lowest BCUT2D eigenvalue weighted by atomic mass is 10.2. The Morgan fingerprint density at radius 2 is 2.15 bits per heavy atom. The Morgan fingerprint density at radius 3 is 2.85 bits per heavy atom. The number of nitrogens with one attached hydrogen (secondary N) is 1. The van der Waals surface area contributed by atoms with Crippen LogP contribution >= 0.6 is 11.6 Å². The van der Waals surface area contributed by atoms with Gasteiger partial charge in [-0.15, -0.1) is 0 Å². The van der Waals surface area contributed by atoms with E-state index in [4.69, 9.17) is 25.2 Å². The van der Waals surface area contributed by atoms with E-state index in [0.29, 0.717) is 16.4 Å². The first-order chi connectivity index (χ1) is 12.5. The predicted octanol–water partition coefficient (Wildman–Crippen LogP) is 4.00. The van der Waals surface area contributed by atoms with Crippen LogP contribution in [0.3, 0.4) is 0 Å². The lowest BCUT2D eigenvalue weighted by Gasteiger charge is -2.13. The molecule has 0 aliphatic heterocycles. The molecule has 1 unspecified atom stereocenters. The molecule has 2 aromatic heterocycles. The quantitative estimate of drug-likeness (QED) is 0.704. The van der Waals surface area contributed by atoms with Crippen molar-refractivity contribution in [3.05, 3.63) is 51.8 Å². The highest BCUT2D eigenvalue weighted by molar-refractivity contribution is 6.31. The number of carbonyl (C=O) groups is 1. The fraction of sp³-hybridized carbons (Fsp3) is 0.263. The van der Waals surface area contributed by atoms with Crippen LogP contribution in [0.4, 0.5) is 0 Å². The van der Waals surface area contributed by atoms with E-state index in [1.54, 1.807) is 24.3 Å². The van der Waals surface area contributed by atoms with Crippen molar-refractivity contribution in [2.45, 2.75) is 26.3 Å². The molecule has 3 aromatic rings. The van der Waals surface area contributed by atoms with Gasteiger partial charge in [0.1, 0.15) is 5.58 Å². The fourth-order valence-corrected chi connectivity index (χ4v) is 2.58. The van der Waals surface area contributed by atoms with Crippen LogP contribution in [0.1, 0.15) is 20.3 Å².